The molecule has 5 nitrogen and oxygen atoms in total. The van der Waals surface area contributed by atoms with Gasteiger partial charge in [0.15, 0.2) is 0 Å². The first-order valence-electron chi connectivity index (χ1n) is 6.71. The Kier molecular flexibility index (Phi) is 6.18. The molecule has 0 fully saturated rings. The first-order valence-corrected chi connectivity index (χ1v) is 6.71. The monoisotopic (exact) mass is 278 g/mol. The van der Waals surface area contributed by atoms with Crippen molar-refractivity contribution in [3.63, 3.8) is 0 Å². The van der Waals surface area contributed by atoms with Gasteiger partial charge in [-0.1, -0.05) is 44.2 Å². The van der Waals surface area contributed by atoms with Crippen molar-refractivity contribution in [2.45, 2.75) is 38.8 Å². The van der Waals surface area contributed by atoms with Crippen LogP contribution in [0.1, 0.15) is 25.8 Å². The molecule has 1 amide bonds. The molecule has 0 radical (unpaired) electrons. The molecule has 4 N–H and O–H groups in total. The summed E-state index contributed by atoms with van der Waals surface area (Å²) in [6, 6.07) is 8.02. The summed E-state index contributed by atoms with van der Waals surface area (Å²) in [5, 5.41) is 11.7. The van der Waals surface area contributed by atoms with Crippen LogP contribution in [0.4, 0.5) is 0 Å². The number of aliphatic carboxylic acids is 1. The van der Waals surface area contributed by atoms with Gasteiger partial charge in [0.1, 0.15) is 6.04 Å². The number of hydrogen-bond acceptors (Lipinski definition) is 3. The summed E-state index contributed by atoms with van der Waals surface area (Å²) >= 11 is 0. The van der Waals surface area contributed by atoms with E-state index in [-0.39, 0.29) is 30.7 Å². The predicted molar refractivity (Wildman–Crippen MR) is 77.1 cm³/mol. The Bertz CT molecular complexity index is 446. The summed E-state index contributed by atoms with van der Waals surface area (Å²) in [4.78, 5) is 23.0. The summed E-state index contributed by atoms with van der Waals surface area (Å²) in [6.07, 6.45) is 0.398. The molecule has 5 heteroatoms. The zero-order valence-corrected chi connectivity index (χ0v) is 11.9. The SMILES string of the molecule is CC(C)C(N)CC(=O)N[C@@H](Cc1ccccc1)C(=O)O. The van der Waals surface area contributed by atoms with Crippen LogP contribution >= 0.6 is 0 Å². The van der Waals surface area contributed by atoms with E-state index in [1.54, 1.807) is 0 Å². The smallest absolute Gasteiger partial charge is 0.326 e. The first kappa shape index (κ1) is 16.2. The van der Waals surface area contributed by atoms with E-state index in [4.69, 9.17) is 5.73 Å². The Labute approximate surface area is 119 Å². The molecule has 20 heavy (non-hydrogen) atoms. The van der Waals surface area contributed by atoms with Crippen molar-refractivity contribution < 1.29 is 14.7 Å². The second-order valence-corrected chi connectivity index (χ2v) is 5.26. The lowest BCUT2D eigenvalue weighted by molar-refractivity contribution is -0.141. The normalized spacial score (nSPS) is 13.8. The molecule has 0 aliphatic rings. The molecule has 1 unspecified atom stereocenters. The quantitative estimate of drug-likeness (QED) is 0.698. The fraction of sp³-hybridized carbons (Fsp3) is 0.467. The van der Waals surface area contributed by atoms with E-state index in [1.165, 1.54) is 0 Å². The van der Waals surface area contributed by atoms with E-state index in [0.717, 1.165) is 5.56 Å². The van der Waals surface area contributed by atoms with Crippen LogP contribution in [0.15, 0.2) is 30.3 Å². The van der Waals surface area contributed by atoms with Crippen LogP contribution in [0.2, 0.25) is 0 Å². The van der Waals surface area contributed by atoms with Crippen LogP contribution in [-0.2, 0) is 16.0 Å². The molecule has 110 valence electrons. The van der Waals surface area contributed by atoms with E-state index >= 15 is 0 Å². The summed E-state index contributed by atoms with van der Waals surface area (Å²) in [5.41, 5.74) is 6.68. The fourth-order valence-electron chi connectivity index (χ4n) is 1.75. The molecule has 0 saturated heterocycles. The summed E-state index contributed by atoms with van der Waals surface area (Å²) in [5.74, 6) is -1.19. The van der Waals surface area contributed by atoms with Crippen LogP contribution in [-0.4, -0.2) is 29.1 Å². The molecule has 1 aromatic rings. The second-order valence-electron chi connectivity index (χ2n) is 5.26. The average Bonchev–Trinajstić information content (AvgIpc) is 2.38. The van der Waals surface area contributed by atoms with Crippen LogP contribution in [0, 0.1) is 5.92 Å². The Morgan fingerprint density at radius 1 is 1.25 bits per heavy atom. The number of amides is 1. The number of benzene rings is 1. The third-order valence-electron chi connectivity index (χ3n) is 3.19. The number of carbonyl (C=O) groups excluding carboxylic acids is 1. The lowest BCUT2D eigenvalue weighted by atomic mass is 10.0. The molecule has 1 aromatic carbocycles. The number of carboxylic acid groups (broad SMARTS) is 1. The maximum Gasteiger partial charge on any atom is 0.326 e. The van der Waals surface area contributed by atoms with Gasteiger partial charge in [-0.2, -0.15) is 0 Å². The van der Waals surface area contributed by atoms with Gasteiger partial charge >= 0.3 is 5.97 Å². The van der Waals surface area contributed by atoms with Crippen molar-refractivity contribution in [2.24, 2.45) is 11.7 Å². The molecular weight excluding hydrogens is 256 g/mol. The maximum absolute atomic E-state index is 11.8. The molecule has 0 aromatic heterocycles. The molecule has 0 spiro atoms. The maximum atomic E-state index is 11.8. The average molecular weight is 278 g/mol. The van der Waals surface area contributed by atoms with Gasteiger partial charge in [0.25, 0.3) is 0 Å². The molecule has 0 aliphatic carbocycles. The van der Waals surface area contributed by atoms with Crippen LogP contribution in [0.3, 0.4) is 0 Å². The van der Waals surface area contributed by atoms with E-state index in [9.17, 15) is 14.7 Å². The minimum Gasteiger partial charge on any atom is -0.480 e. The van der Waals surface area contributed by atoms with E-state index in [2.05, 4.69) is 5.32 Å². The van der Waals surface area contributed by atoms with Gasteiger partial charge in [0, 0.05) is 18.9 Å². The Balaban J connectivity index is 2.59. The van der Waals surface area contributed by atoms with Crippen LogP contribution in [0.25, 0.3) is 0 Å². The van der Waals surface area contributed by atoms with Gasteiger partial charge in [-0.3, -0.25) is 4.79 Å². The van der Waals surface area contributed by atoms with Gasteiger partial charge in [-0.25, -0.2) is 4.79 Å². The first-order chi connectivity index (χ1) is 9.40. The second kappa shape index (κ2) is 7.65. The summed E-state index contributed by atoms with van der Waals surface area (Å²) in [6.45, 7) is 3.85. The molecule has 0 aliphatic heterocycles. The topological polar surface area (TPSA) is 92.4 Å². The molecule has 0 bridgehead atoms. The van der Waals surface area contributed by atoms with Crippen molar-refractivity contribution >= 4 is 11.9 Å². The summed E-state index contributed by atoms with van der Waals surface area (Å²) < 4.78 is 0. The van der Waals surface area contributed by atoms with E-state index in [1.807, 2.05) is 44.2 Å². The lowest BCUT2D eigenvalue weighted by Gasteiger charge is -2.18. The van der Waals surface area contributed by atoms with E-state index < -0.39 is 12.0 Å². The van der Waals surface area contributed by atoms with Crippen molar-refractivity contribution in [1.82, 2.24) is 5.32 Å². The van der Waals surface area contributed by atoms with Gasteiger partial charge in [0.05, 0.1) is 0 Å². The molecule has 0 saturated carbocycles. The number of rotatable bonds is 7. The zero-order chi connectivity index (χ0) is 15.1. The van der Waals surface area contributed by atoms with Gasteiger partial charge in [-0.15, -0.1) is 0 Å². The fourth-order valence-corrected chi connectivity index (χ4v) is 1.75. The van der Waals surface area contributed by atoms with Crippen molar-refractivity contribution in [3.8, 4) is 0 Å². The highest BCUT2D eigenvalue weighted by Gasteiger charge is 2.22. The number of carbonyl (C=O) groups is 2. The van der Waals surface area contributed by atoms with E-state index in [0.29, 0.717) is 0 Å². The minimum atomic E-state index is -1.04. The highest BCUT2D eigenvalue weighted by molar-refractivity contribution is 5.84. The third-order valence-corrected chi connectivity index (χ3v) is 3.19. The highest BCUT2D eigenvalue weighted by atomic mass is 16.4. The number of nitrogens with two attached hydrogens (primary N) is 1. The van der Waals surface area contributed by atoms with Crippen LogP contribution in [0.5, 0.6) is 0 Å². The Morgan fingerprint density at radius 2 is 1.85 bits per heavy atom. The zero-order valence-electron chi connectivity index (χ0n) is 11.9. The largest absolute Gasteiger partial charge is 0.480 e. The summed E-state index contributed by atoms with van der Waals surface area (Å²) in [7, 11) is 0. The number of carboxylic acids is 1. The standard InChI is InChI=1S/C15H22N2O3/c1-10(2)12(16)9-14(18)17-13(15(19)20)8-11-6-4-3-5-7-11/h3-7,10,12-13H,8-9,16H2,1-2H3,(H,17,18)(H,19,20)/t12?,13-/m0/s1. The van der Waals surface area contributed by atoms with Crippen molar-refractivity contribution in [2.75, 3.05) is 0 Å². The van der Waals surface area contributed by atoms with Gasteiger partial charge in [0.2, 0.25) is 5.91 Å². The number of nitrogens with one attached hydrogen (secondary N) is 1. The molecule has 1 rings (SSSR count). The van der Waals surface area contributed by atoms with Gasteiger partial charge in [-0.05, 0) is 11.5 Å². The minimum absolute atomic E-state index is 0.135. The van der Waals surface area contributed by atoms with Crippen molar-refractivity contribution in [1.29, 1.82) is 0 Å². The molecular formula is C15H22N2O3. The Hall–Kier alpha value is -1.88. The predicted octanol–water partition coefficient (Wildman–Crippen LogP) is 1.17. The number of hydrogen-bond donors (Lipinski definition) is 3. The lowest BCUT2D eigenvalue weighted by Crippen LogP contribution is -2.44. The van der Waals surface area contributed by atoms with Gasteiger partial charge < -0.3 is 16.2 Å². The Morgan fingerprint density at radius 3 is 2.35 bits per heavy atom. The highest BCUT2D eigenvalue weighted by Crippen LogP contribution is 2.06. The third kappa shape index (κ3) is 5.40. The molecule has 2 atom stereocenters. The van der Waals surface area contributed by atoms with Crippen LogP contribution < -0.4 is 11.1 Å². The van der Waals surface area contributed by atoms with Crippen molar-refractivity contribution in [3.05, 3.63) is 35.9 Å². The molecule has 0 heterocycles.